The van der Waals surface area contributed by atoms with Gasteiger partial charge in [-0.05, 0) is 26.7 Å². The van der Waals surface area contributed by atoms with E-state index in [1.54, 1.807) is 25.7 Å². The molecule has 0 saturated carbocycles. The number of amides is 3. The Bertz CT molecular complexity index is 451. The van der Waals surface area contributed by atoms with Crippen molar-refractivity contribution in [3.63, 3.8) is 0 Å². The van der Waals surface area contributed by atoms with E-state index in [1.807, 2.05) is 13.8 Å². The van der Waals surface area contributed by atoms with Crippen LogP contribution < -0.4 is 5.32 Å². The zero-order valence-electron chi connectivity index (χ0n) is 14.5. The molecule has 1 aliphatic rings. The summed E-state index contributed by atoms with van der Waals surface area (Å²) in [4.78, 5) is 38.3. The first-order valence-electron chi connectivity index (χ1n) is 7.77. The van der Waals surface area contributed by atoms with E-state index in [0.29, 0.717) is 13.1 Å². The van der Waals surface area contributed by atoms with Crippen LogP contribution in [0.3, 0.4) is 0 Å². The van der Waals surface area contributed by atoms with Crippen molar-refractivity contribution in [1.29, 1.82) is 0 Å². The second-order valence-electron chi connectivity index (χ2n) is 6.96. The topological polar surface area (TPSA) is 99.2 Å². The van der Waals surface area contributed by atoms with Crippen LogP contribution in [0.15, 0.2) is 0 Å². The number of alkyl carbamates (subject to hydrolysis) is 1. The van der Waals surface area contributed by atoms with Gasteiger partial charge in [-0.25, -0.2) is 9.59 Å². The standard InChI is InChI=1S/C15H27N3O5/c1-10(2)11(16-13(20)23-15(3,4)5)12(19)17-6-8-18(9-7-17)14(21)22/h10-11H,6-9H2,1-5H3,(H,16,20)(H,21,22)/t11-/m0/s1. The van der Waals surface area contributed by atoms with Gasteiger partial charge in [0.25, 0.3) is 0 Å². The van der Waals surface area contributed by atoms with Crippen LogP contribution in [0, 0.1) is 5.92 Å². The Morgan fingerprint density at radius 1 is 1.04 bits per heavy atom. The molecule has 0 unspecified atom stereocenters. The van der Waals surface area contributed by atoms with Crippen molar-refractivity contribution in [2.75, 3.05) is 26.2 Å². The maximum atomic E-state index is 12.6. The van der Waals surface area contributed by atoms with Gasteiger partial charge in [-0.3, -0.25) is 4.79 Å². The maximum Gasteiger partial charge on any atom is 0.408 e. The van der Waals surface area contributed by atoms with E-state index >= 15 is 0 Å². The summed E-state index contributed by atoms with van der Waals surface area (Å²) in [7, 11) is 0. The molecule has 0 aromatic heterocycles. The Balaban J connectivity index is 2.65. The number of nitrogens with zero attached hydrogens (tertiary/aromatic N) is 2. The molecule has 0 spiro atoms. The SMILES string of the molecule is CC(C)[C@H](NC(=O)OC(C)(C)C)C(=O)N1CCN(C(=O)O)CC1. The summed E-state index contributed by atoms with van der Waals surface area (Å²) in [6.07, 6.45) is -1.61. The number of carbonyl (C=O) groups is 3. The maximum absolute atomic E-state index is 12.6. The molecule has 8 nitrogen and oxygen atoms in total. The van der Waals surface area contributed by atoms with E-state index in [4.69, 9.17) is 9.84 Å². The molecule has 1 aliphatic heterocycles. The van der Waals surface area contributed by atoms with E-state index in [9.17, 15) is 14.4 Å². The van der Waals surface area contributed by atoms with Crippen LogP contribution in [-0.4, -0.2) is 70.8 Å². The Hall–Kier alpha value is -1.99. The largest absolute Gasteiger partial charge is 0.465 e. The summed E-state index contributed by atoms with van der Waals surface area (Å²) < 4.78 is 5.20. The fourth-order valence-electron chi connectivity index (χ4n) is 2.26. The Kier molecular flexibility index (Phi) is 6.23. The van der Waals surface area contributed by atoms with Gasteiger partial charge < -0.3 is 25.0 Å². The molecule has 1 fully saturated rings. The third-order valence-corrected chi connectivity index (χ3v) is 3.47. The quantitative estimate of drug-likeness (QED) is 0.814. The molecule has 1 heterocycles. The van der Waals surface area contributed by atoms with Crippen LogP contribution in [0.1, 0.15) is 34.6 Å². The zero-order chi connectivity index (χ0) is 17.8. The van der Waals surface area contributed by atoms with Crippen LogP contribution in [0.5, 0.6) is 0 Å². The molecule has 132 valence electrons. The Morgan fingerprint density at radius 3 is 1.91 bits per heavy atom. The van der Waals surface area contributed by atoms with Gasteiger partial charge in [0.2, 0.25) is 5.91 Å². The predicted molar refractivity (Wildman–Crippen MR) is 84.2 cm³/mol. The second kappa shape index (κ2) is 7.52. The predicted octanol–water partition coefficient (Wildman–Crippen LogP) is 1.36. The third-order valence-electron chi connectivity index (χ3n) is 3.47. The fraction of sp³-hybridized carbons (Fsp3) is 0.800. The smallest absolute Gasteiger partial charge is 0.408 e. The summed E-state index contributed by atoms with van der Waals surface area (Å²) in [6, 6.07) is -0.693. The van der Waals surface area contributed by atoms with Gasteiger partial charge in [-0.2, -0.15) is 0 Å². The molecule has 3 amide bonds. The molecule has 1 saturated heterocycles. The fourth-order valence-corrected chi connectivity index (χ4v) is 2.26. The molecular formula is C15H27N3O5. The Labute approximate surface area is 136 Å². The number of carboxylic acid groups (broad SMARTS) is 1. The van der Waals surface area contributed by atoms with Crippen LogP contribution in [0.25, 0.3) is 0 Å². The summed E-state index contributed by atoms with van der Waals surface area (Å²) in [5.41, 5.74) is -0.637. The number of piperazine rings is 1. The molecule has 23 heavy (non-hydrogen) atoms. The van der Waals surface area contributed by atoms with Crippen molar-refractivity contribution >= 4 is 18.1 Å². The summed E-state index contributed by atoms with van der Waals surface area (Å²) in [5, 5.41) is 11.6. The average molecular weight is 329 g/mol. The van der Waals surface area contributed by atoms with Crippen LogP contribution in [0.2, 0.25) is 0 Å². The first-order chi connectivity index (χ1) is 10.5. The van der Waals surface area contributed by atoms with E-state index in [0.717, 1.165) is 0 Å². The summed E-state index contributed by atoms with van der Waals surface area (Å²) in [5.74, 6) is -0.316. The van der Waals surface area contributed by atoms with Gasteiger partial charge in [0.1, 0.15) is 11.6 Å². The highest BCUT2D eigenvalue weighted by Crippen LogP contribution is 2.12. The highest BCUT2D eigenvalue weighted by Gasteiger charge is 2.32. The highest BCUT2D eigenvalue weighted by atomic mass is 16.6. The van der Waals surface area contributed by atoms with E-state index < -0.39 is 23.8 Å². The lowest BCUT2D eigenvalue weighted by Crippen LogP contribution is -2.57. The first kappa shape index (κ1) is 19.1. The number of hydrogen-bond acceptors (Lipinski definition) is 4. The highest BCUT2D eigenvalue weighted by molar-refractivity contribution is 5.86. The van der Waals surface area contributed by atoms with Gasteiger partial charge >= 0.3 is 12.2 Å². The normalized spacial score (nSPS) is 17.0. The van der Waals surface area contributed by atoms with Crippen molar-refractivity contribution in [2.45, 2.75) is 46.3 Å². The van der Waals surface area contributed by atoms with Crippen LogP contribution >= 0.6 is 0 Å². The monoisotopic (exact) mass is 329 g/mol. The minimum Gasteiger partial charge on any atom is -0.465 e. The van der Waals surface area contributed by atoms with Crippen molar-refractivity contribution in [3.05, 3.63) is 0 Å². The van der Waals surface area contributed by atoms with Crippen molar-refractivity contribution in [3.8, 4) is 0 Å². The first-order valence-corrected chi connectivity index (χ1v) is 7.77. The van der Waals surface area contributed by atoms with Gasteiger partial charge in [0.15, 0.2) is 0 Å². The molecule has 8 heteroatoms. The summed E-state index contributed by atoms with van der Waals surface area (Å²) in [6.45, 7) is 10.1. The van der Waals surface area contributed by atoms with Gasteiger partial charge in [0.05, 0.1) is 0 Å². The summed E-state index contributed by atoms with van der Waals surface area (Å²) >= 11 is 0. The lowest BCUT2D eigenvalue weighted by Gasteiger charge is -2.36. The van der Waals surface area contributed by atoms with Crippen molar-refractivity contribution in [1.82, 2.24) is 15.1 Å². The number of ether oxygens (including phenoxy) is 1. The number of hydrogen-bond donors (Lipinski definition) is 2. The molecule has 0 radical (unpaired) electrons. The molecular weight excluding hydrogens is 302 g/mol. The molecule has 0 aliphatic carbocycles. The lowest BCUT2D eigenvalue weighted by molar-refractivity contribution is -0.136. The minimum atomic E-state index is -0.982. The van der Waals surface area contributed by atoms with E-state index in [2.05, 4.69) is 5.32 Å². The van der Waals surface area contributed by atoms with Gasteiger partial charge in [-0.1, -0.05) is 13.8 Å². The lowest BCUT2D eigenvalue weighted by atomic mass is 10.0. The number of carbonyl (C=O) groups excluding carboxylic acids is 2. The van der Waals surface area contributed by atoms with E-state index in [-0.39, 0.29) is 24.9 Å². The molecule has 1 rings (SSSR count). The zero-order valence-corrected chi connectivity index (χ0v) is 14.5. The van der Waals surface area contributed by atoms with Crippen molar-refractivity contribution in [2.24, 2.45) is 5.92 Å². The molecule has 0 aromatic rings. The molecule has 0 aromatic carbocycles. The minimum absolute atomic E-state index is 0.104. The van der Waals surface area contributed by atoms with Gasteiger partial charge in [0, 0.05) is 26.2 Å². The Morgan fingerprint density at radius 2 is 1.52 bits per heavy atom. The third kappa shape index (κ3) is 5.96. The van der Waals surface area contributed by atoms with Crippen LogP contribution in [0.4, 0.5) is 9.59 Å². The van der Waals surface area contributed by atoms with Gasteiger partial charge in [-0.15, -0.1) is 0 Å². The molecule has 1 atom stereocenters. The number of nitrogens with one attached hydrogen (secondary N) is 1. The second-order valence-corrected chi connectivity index (χ2v) is 6.96. The van der Waals surface area contributed by atoms with Crippen molar-refractivity contribution < 1.29 is 24.2 Å². The molecule has 2 N–H and O–H groups in total. The number of rotatable bonds is 3. The van der Waals surface area contributed by atoms with E-state index in [1.165, 1.54) is 4.90 Å². The van der Waals surface area contributed by atoms with Crippen LogP contribution in [-0.2, 0) is 9.53 Å². The molecule has 0 bridgehead atoms. The average Bonchev–Trinajstić information content (AvgIpc) is 2.42.